The van der Waals surface area contributed by atoms with E-state index < -0.39 is 11.8 Å². The van der Waals surface area contributed by atoms with Crippen LogP contribution in [0.5, 0.6) is 0 Å². The number of carbonyl (C=O) groups is 2. The number of carbonyl (C=O) groups excluding carboxylic acids is 2. The molecule has 2 amide bonds. The van der Waals surface area contributed by atoms with Crippen LogP contribution in [-0.2, 0) is 9.59 Å². The van der Waals surface area contributed by atoms with Crippen molar-refractivity contribution in [2.75, 3.05) is 18.5 Å². The van der Waals surface area contributed by atoms with Crippen LogP contribution in [0.3, 0.4) is 0 Å². The first-order chi connectivity index (χ1) is 13.2. The van der Waals surface area contributed by atoms with Crippen molar-refractivity contribution in [2.45, 2.75) is 0 Å². The monoisotopic (exact) mass is 358 g/mol. The summed E-state index contributed by atoms with van der Waals surface area (Å²) in [6.07, 6.45) is 1.26. The smallest absolute Gasteiger partial charge is 0.277 e. The Balaban J connectivity index is 1.53. The number of nitrogens with one attached hydrogen (secondary N) is 1. The highest BCUT2D eigenvalue weighted by atomic mass is 16.3. The van der Waals surface area contributed by atoms with Gasteiger partial charge in [0.1, 0.15) is 5.70 Å². The van der Waals surface area contributed by atoms with Crippen LogP contribution in [0.4, 0.5) is 5.69 Å². The Bertz CT molecular complexity index is 1050. The topological polar surface area (TPSA) is 69.6 Å². The predicted molar refractivity (Wildman–Crippen MR) is 105 cm³/mol. The highest BCUT2D eigenvalue weighted by molar-refractivity contribution is 6.17. The van der Waals surface area contributed by atoms with Gasteiger partial charge in [-0.15, -0.1) is 0 Å². The molecule has 0 atom stereocenters. The molecule has 134 valence electrons. The third-order valence-corrected chi connectivity index (χ3v) is 4.58. The zero-order valence-corrected chi connectivity index (χ0v) is 14.6. The Kier molecular flexibility index (Phi) is 4.44. The van der Waals surface area contributed by atoms with Crippen LogP contribution in [0.1, 0.15) is 0 Å². The number of anilines is 1. The van der Waals surface area contributed by atoms with Crippen LogP contribution in [0.2, 0.25) is 0 Å². The number of fused-ring (bicyclic) bond motifs is 1. The van der Waals surface area contributed by atoms with Crippen molar-refractivity contribution in [3.05, 3.63) is 78.5 Å². The number of imide groups is 1. The Hall–Kier alpha value is -3.44. The van der Waals surface area contributed by atoms with Crippen LogP contribution in [0.25, 0.3) is 21.9 Å². The second-order valence-electron chi connectivity index (χ2n) is 6.34. The largest absolute Gasteiger partial charge is 0.395 e. The van der Waals surface area contributed by atoms with Gasteiger partial charge in [-0.3, -0.25) is 14.5 Å². The fourth-order valence-corrected chi connectivity index (χ4v) is 3.18. The molecule has 27 heavy (non-hydrogen) atoms. The van der Waals surface area contributed by atoms with Crippen molar-refractivity contribution in [2.24, 2.45) is 0 Å². The Labute approximate surface area is 156 Å². The predicted octanol–water partition coefficient (Wildman–Crippen LogP) is 3.16. The maximum absolute atomic E-state index is 12.2. The van der Waals surface area contributed by atoms with E-state index in [4.69, 9.17) is 5.11 Å². The van der Waals surface area contributed by atoms with Gasteiger partial charge in [0.2, 0.25) is 0 Å². The first-order valence-electron chi connectivity index (χ1n) is 8.70. The normalized spacial score (nSPS) is 14.0. The third-order valence-electron chi connectivity index (χ3n) is 4.58. The quantitative estimate of drug-likeness (QED) is 0.688. The number of rotatable bonds is 5. The second-order valence-corrected chi connectivity index (χ2v) is 6.34. The van der Waals surface area contributed by atoms with E-state index in [2.05, 4.69) is 35.6 Å². The molecule has 0 bridgehead atoms. The van der Waals surface area contributed by atoms with E-state index in [1.54, 1.807) is 0 Å². The van der Waals surface area contributed by atoms with Gasteiger partial charge in [-0.05, 0) is 40.1 Å². The standard InChI is InChI=1S/C22H18N2O3/c25-12-11-24-21(26)14-20(22(24)27)23-19-9-7-16(8-10-19)18-6-5-15-3-1-2-4-17(15)13-18/h1-10,13-14,23,25H,11-12H2. The molecule has 0 saturated carbocycles. The summed E-state index contributed by atoms with van der Waals surface area (Å²) in [5.41, 5.74) is 3.11. The van der Waals surface area contributed by atoms with Crippen LogP contribution < -0.4 is 5.32 Å². The molecule has 1 aliphatic heterocycles. The highest BCUT2D eigenvalue weighted by Gasteiger charge is 2.30. The molecular formula is C22H18N2O3. The number of hydrogen-bond donors (Lipinski definition) is 2. The van der Waals surface area contributed by atoms with E-state index in [9.17, 15) is 9.59 Å². The molecule has 2 N–H and O–H groups in total. The highest BCUT2D eigenvalue weighted by Crippen LogP contribution is 2.26. The molecule has 0 spiro atoms. The maximum Gasteiger partial charge on any atom is 0.277 e. The van der Waals surface area contributed by atoms with Gasteiger partial charge < -0.3 is 10.4 Å². The summed E-state index contributed by atoms with van der Waals surface area (Å²) in [5, 5.41) is 14.3. The lowest BCUT2D eigenvalue weighted by Gasteiger charge is -2.13. The van der Waals surface area contributed by atoms with Crippen LogP contribution in [0, 0.1) is 0 Å². The van der Waals surface area contributed by atoms with Gasteiger partial charge in [-0.25, -0.2) is 0 Å². The molecule has 1 heterocycles. The molecule has 4 rings (SSSR count). The van der Waals surface area contributed by atoms with Gasteiger partial charge >= 0.3 is 0 Å². The van der Waals surface area contributed by atoms with Gasteiger partial charge in [0.15, 0.2) is 0 Å². The molecule has 0 aliphatic carbocycles. The lowest BCUT2D eigenvalue weighted by molar-refractivity contribution is -0.137. The molecule has 5 heteroatoms. The zero-order valence-electron chi connectivity index (χ0n) is 14.6. The van der Waals surface area contributed by atoms with E-state index >= 15 is 0 Å². The number of aliphatic hydroxyl groups excluding tert-OH is 1. The summed E-state index contributed by atoms with van der Waals surface area (Å²) in [6, 6.07) is 22.2. The van der Waals surface area contributed by atoms with Crippen molar-refractivity contribution in [1.82, 2.24) is 4.90 Å². The minimum atomic E-state index is -0.423. The number of aliphatic hydroxyl groups is 1. The molecule has 3 aromatic carbocycles. The third kappa shape index (κ3) is 3.32. The van der Waals surface area contributed by atoms with Crippen LogP contribution in [-0.4, -0.2) is 35.0 Å². The number of β-amino-alcohol motifs (C(OH)–C–C–N with tert-alkyl or cyclic N) is 1. The summed E-state index contributed by atoms with van der Waals surface area (Å²) in [4.78, 5) is 25.0. The van der Waals surface area contributed by atoms with Crippen LogP contribution in [0.15, 0.2) is 78.5 Å². The van der Waals surface area contributed by atoms with E-state index in [-0.39, 0.29) is 18.8 Å². The fourth-order valence-electron chi connectivity index (χ4n) is 3.18. The van der Waals surface area contributed by atoms with Gasteiger partial charge in [-0.1, -0.05) is 48.5 Å². The number of benzene rings is 3. The molecule has 0 saturated heterocycles. The number of hydrogen-bond acceptors (Lipinski definition) is 4. The number of nitrogens with zero attached hydrogens (tertiary/aromatic N) is 1. The Morgan fingerprint density at radius 3 is 2.30 bits per heavy atom. The summed E-state index contributed by atoms with van der Waals surface area (Å²) >= 11 is 0. The average molecular weight is 358 g/mol. The summed E-state index contributed by atoms with van der Waals surface area (Å²) < 4.78 is 0. The van der Waals surface area contributed by atoms with E-state index in [1.165, 1.54) is 16.8 Å². The summed E-state index contributed by atoms with van der Waals surface area (Å²) in [5.74, 6) is -0.836. The van der Waals surface area contributed by atoms with Gasteiger partial charge in [0, 0.05) is 11.8 Å². The minimum Gasteiger partial charge on any atom is -0.395 e. The summed E-state index contributed by atoms with van der Waals surface area (Å²) in [7, 11) is 0. The average Bonchev–Trinajstić information content (AvgIpc) is 2.96. The lowest BCUT2D eigenvalue weighted by atomic mass is 10.0. The van der Waals surface area contributed by atoms with Crippen molar-refractivity contribution < 1.29 is 14.7 Å². The Morgan fingerprint density at radius 1 is 0.852 bits per heavy atom. The molecule has 0 radical (unpaired) electrons. The van der Waals surface area contributed by atoms with Gasteiger partial charge in [-0.2, -0.15) is 0 Å². The molecular weight excluding hydrogens is 340 g/mol. The SMILES string of the molecule is O=C1C=C(Nc2ccc(-c3ccc4ccccc4c3)cc2)C(=O)N1CCO. The lowest BCUT2D eigenvalue weighted by Crippen LogP contribution is -2.34. The van der Waals surface area contributed by atoms with E-state index in [0.717, 1.165) is 21.7 Å². The van der Waals surface area contributed by atoms with E-state index in [1.807, 2.05) is 36.4 Å². The molecule has 3 aromatic rings. The maximum atomic E-state index is 12.2. The van der Waals surface area contributed by atoms with E-state index in [0.29, 0.717) is 0 Å². The van der Waals surface area contributed by atoms with Crippen molar-refractivity contribution in [1.29, 1.82) is 0 Å². The van der Waals surface area contributed by atoms with Gasteiger partial charge in [0.05, 0.1) is 13.2 Å². The summed E-state index contributed by atoms with van der Waals surface area (Å²) in [6.45, 7) is -0.251. The molecule has 1 aliphatic rings. The first kappa shape index (κ1) is 17.0. The molecule has 0 fully saturated rings. The first-order valence-corrected chi connectivity index (χ1v) is 8.70. The number of amides is 2. The zero-order chi connectivity index (χ0) is 18.8. The molecule has 0 unspecified atom stereocenters. The second kappa shape index (κ2) is 7.05. The minimum absolute atomic E-state index is 0.000246. The van der Waals surface area contributed by atoms with Crippen molar-refractivity contribution >= 4 is 28.3 Å². The Morgan fingerprint density at radius 2 is 1.56 bits per heavy atom. The van der Waals surface area contributed by atoms with Crippen molar-refractivity contribution in [3.8, 4) is 11.1 Å². The van der Waals surface area contributed by atoms with Crippen LogP contribution >= 0.6 is 0 Å². The van der Waals surface area contributed by atoms with Gasteiger partial charge in [0.25, 0.3) is 11.8 Å². The van der Waals surface area contributed by atoms with Crippen molar-refractivity contribution in [3.63, 3.8) is 0 Å². The molecule has 5 nitrogen and oxygen atoms in total. The fraction of sp³-hybridized carbons (Fsp3) is 0.0909. The molecule has 0 aromatic heterocycles.